The van der Waals surface area contributed by atoms with Crippen molar-refractivity contribution in [1.29, 1.82) is 5.26 Å². The number of benzene rings is 1. The Bertz CT molecular complexity index is 1130. The number of hydrogen-bond acceptors (Lipinski definition) is 5. The zero-order valence-electron chi connectivity index (χ0n) is 16.3. The molecule has 0 N–H and O–H groups in total. The monoisotopic (exact) mass is 381 g/mol. The highest BCUT2D eigenvalue weighted by molar-refractivity contribution is 5.70. The lowest BCUT2D eigenvalue weighted by atomic mass is 10.1. The SMILES string of the molecule is COCCn1cnc2c1c(=O)n(Cc1ccc(C#N)cc1)c(=O)n2CC(C)C. The molecule has 8 heteroatoms. The van der Waals surface area contributed by atoms with Gasteiger partial charge in [-0.05, 0) is 23.6 Å². The molecule has 0 bridgehead atoms. The quantitative estimate of drug-likeness (QED) is 0.619. The lowest BCUT2D eigenvalue weighted by Gasteiger charge is -2.14. The maximum Gasteiger partial charge on any atom is 0.333 e. The van der Waals surface area contributed by atoms with Gasteiger partial charge in [0.25, 0.3) is 5.56 Å². The molecule has 0 saturated heterocycles. The van der Waals surface area contributed by atoms with Crippen molar-refractivity contribution >= 4 is 11.2 Å². The summed E-state index contributed by atoms with van der Waals surface area (Å²) in [6.07, 6.45) is 1.58. The Kier molecular flexibility index (Phi) is 5.76. The Morgan fingerprint density at radius 2 is 1.89 bits per heavy atom. The van der Waals surface area contributed by atoms with Crippen LogP contribution in [0.2, 0.25) is 0 Å². The summed E-state index contributed by atoms with van der Waals surface area (Å²) in [5.41, 5.74) is 1.34. The van der Waals surface area contributed by atoms with Crippen molar-refractivity contribution in [2.75, 3.05) is 13.7 Å². The highest BCUT2D eigenvalue weighted by Gasteiger charge is 2.18. The van der Waals surface area contributed by atoms with Gasteiger partial charge in [0.2, 0.25) is 0 Å². The van der Waals surface area contributed by atoms with Crippen molar-refractivity contribution in [1.82, 2.24) is 18.7 Å². The molecule has 0 saturated carbocycles. The molecule has 0 radical (unpaired) electrons. The van der Waals surface area contributed by atoms with Crippen LogP contribution in [-0.2, 0) is 24.4 Å². The first-order valence-electron chi connectivity index (χ1n) is 9.12. The van der Waals surface area contributed by atoms with Crippen LogP contribution in [0.4, 0.5) is 0 Å². The van der Waals surface area contributed by atoms with E-state index in [2.05, 4.69) is 11.1 Å². The van der Waals surface area contributed by atoms with E-state index in [-0.39, 0.29) is 23.7 Å². The number of ether oxygens (including phenoxy) is 1. The second-order valence-electron chi connectivity index (χ2n) is 7.09. The summed E-state index contributed by atoms with van der Waals surface area (Å²) in [4.78, 5) is 30.6. The molecule has 0 aliphatic heterocycles. The number of imidazole rings is 1. The van der Waals surface area contributed by atoms with E-state index >= 15 is 0 Å². The van der Waals surface area contributed by atoms with Gasteiger partial charge in [-0.2, -0.15) is 5.26 Å². The van der Waals surface area contributed by atoms with Gasteiger partial charge in [-0.25, -0.2) is 9.78 Å². The van der Waals surface area contributed by atoms with E-state index < -0.39 is 0 Å². The molecule has 0 fully saturated rings. The van der Waals surface area contributed by atoms with Crippen LogP contribution in [0.1, 0.15) is 25.0 Å². The molecule has 2 heterocycles. The van der Waals surface area contributed by atoms with Crippen LogP contribution in [0.15, 0.2) is 40.2 Å². The summed E-state index contributed by atoms with van der Waals surface area (Å²) in [5.74, 6) is 0.214. The normalized spacial score (nSPS) is 11.2. The van der Waals surface area contributed by atoms with E-state index in [9.17, 15) is 9.59 Å². The number of nitrogens with zero attached hydrogens (tertiary/aromatic N) is 5. The predicted molar refractivity (Wildman–Crippen MR) is 105 cm³/mol. The van der Waals surface area contributed by atoms with E-state index in [4.69, 9.17) is 10.00 Å². The average Bonchev–Trinajstić information content (AvgIpc) is 3.11. The molecule has 0 aliphatic rings. The van der Waals surface area contributed by atoms with Gasteiger partial charge in [-0.3, -0.25) is 13.9 Å². The summed E-state index contributed by atoms with van der Waals surface area (Å²) in [7, 11) is 1.59. The van der Waals surface area contributed by atoms with Crippen molar-refractivity contribution in [3.8, 4) is 6.07 Å². The van der Waals surface area contributed by atoms with E-state index in [1.54, 1.807) is 46.8 Å². The molecule has 0 unspecified atom stereocenters. The van der Waals surface area contributed by atoms with Gasteiger partial charge < -0.3 is 9.30 Å². The summed E-state index contributed by atoms with van der Waals surface area (Å²) >= 11 is 0. The fourth-order valence-corrected chi connectivity index (χ4v) is 3.13. The first kappa shape index (κ1) is 19.6. The van der Waals surface area contributed by atoms with Crippen molar-refractivity contribution < 1.29 is 4.74 Å². The number of fused-ring (bicyclic) bond motifs is 1. The number of methoxy groups -OCH3 is 1. The van der Waals surface area contributed by atoms with Gasteiger partial charge >= 0.3 is 5.69 Å². The molecule has 0 spiro atoms. The Labute approximate surface area is 162 Å². The molecule has 0 amide bonds. The summed E-state index contributed by atoms with van der Waals surface area (Å²) in [6.45, 7) is 5.52. The van der Waals surface area contributed by atoms with Crippen molar-refractivity contribution in [3.05, 3.63) is 62.6 Å². The van der Waals surface area contributed by atoms with Crippen LogP contribution in [0.25, 0.3) is 11.2 Å². The second kappa shape index (κ2) is 8.23. The number of aromatic nitrogens is 4. The molecule has 2 aromatic heterocycles. The molecule has 8 nitrogen and oxygen atoms in total. The minimum atomic E-state index is -0.382. The molecule has 0 aliphatic carbocycles. The first-order chi connectivity index (χ1) is 13.5. The molecular weight excluding hydrogens is 358 g/mol. The lowest BCUT2D eigenvalue weighted by Crippen LogP contribution is -2.41. The van der Waals surface area contributed by atoms with Gasteiger partial charge in [-0.1, -0.05) is 26.0 Å². The third-order valence-corrected chi connectivity index (χ3v) is 4.49. The predicted octanol–water partition coefficient (Wildman–Crippen LogP) is 1.58. The van der Waals surface area contributed by atoms with Crippen LogP contribution in [0.3, 0.4) is 0 Å². The number of hydrogen-bond donors (Lipinski definition) is 0. The van der Waals surface area contributed by atoms with Crippen LogP contribution >= 0.6 is 0 Å². The lowest BCUT2D eigenvalue weighted by molar-refractivity contribution is 0.188. The minimum Gasteiger partial charge on any atom is -0.383 e. The zero-order chi connectivity index (χ0) is 20.3. The Balaban J connectivity index is 2.18. The molecule has 1 aromatic carbocycles. The molecule has 146 valence electrons. The van der Waals surface area contributed by atoms with Crippen LogP contribution in [0, 0.1) is 17.2 Å². The Morgan fingerprint density at radius 3 is 2.50 bits per heavy atom. The van der Waals surface area contributed by atoms with Crippen LogP contribution < -0.4 is 11.2 Å². The fraction of sp³-hybridized carbons (Fsp3) is 0.400. The first-order valence-corrected chi connectivity index (χ1v) is 9.12. The van der Waals surface area contributed by atoms with Crippen LogP contribution in [0.5, 0.6) is 0 Å². The van der Waals surface area contributed by atoms with Crippen molar-refractivity contribution in [2.24, 2.45) is 5.92 Å². The smallest absolute Gasteiger partial charge is 0.333 e. The maximum atomic E-state index is 13.2. The molecule has 3 aromatic rings. The Morgan fingerprint density at radius 1 is 1.18 bits per heavy atom. The maximum absolute atomic E-state index is 13.2. The average molecular weight is 381 g/mol. The largest absolute Gasteiger partial charge is 0.383 e. The Hall–Kier alpha value is -3.18. The van der Waals surface area contributed by atoms with E-state index in [0.717, 1.165) is 5.56 Å². The third-order valence-electron chi connectivity index (χ3n) is 4.49. The summed E-state index contributed by atoms with van der Waals surface area (Å²) in [5, 5.41) is 8.94. The van der Waals surface area contributed by atoms with Gasteiger partial charge in [-0.15, -0.1) is 0 Å². The molecular formula is C20H23N5O3. The molecule has 0 atom stereocenters. The van der Waals surface area contributed by atoms with E-state index in [1.165, 1.54) is 4.57 Å². The number of rotatable bonds is 7. The molecule has 28 heavy (non-hydrogen) atoms. The summed E-state index contributed by atoms with van der Waals surface area (Å²) in [6, 6.07) is 8.92. The van der Waals surface area contributed by atoms with E-state index in [0.29, 0.717) is 36.4 Å². The standard InChI is InChI=1S/C20H23N5O3/c1-14(2)11-24-18-17(23(13-22-18)8-9-28-3)19(26)25(20(24)27)12-16-6-4-15(10-21)5-7-16/h4-7,13-14H,8-9,11-12H2,1-3H3. The summed E-state index contributed by atoms with van der Waals surface area (Å²) < 4.78 is 9.64. The second-order valence-corrected chi connectivity index (χ2v) is 7.09. The van der Waals surface area contributed by atoms with Crippen molar-refractivity contribution in [3.63, 3.8) is 0 Å². The van der Waals surface area contributed by atoms with Gasteiger partial charge in [0.1, 0.15) is 0 Å². The van der Waals surface area contributed by atoms with Crippen LogP contribution in [-0.4, -0.2) is 32.4 Å². The topological polar surface area (TPSA) is 94.8 Å². The highest BCUT2D eigenvalue weighted by atomic mass is 16.5. The highest BCUT2D eigenvalue weighted by Crippen LogP contribution is 2.10. The fourth-order valence-electron chi connectivity index (χ4n) is 3.13. The van der Waals surface area contributed by atoms with Gasteiger partial charge in [0.15, 0.2) is 11.2 Å². The van der Waals surface area contributed by atoms with Gasteiger partial charge in [0.05, 0.1) is 31.1 Å². The number of nitriles is 1. The third kappa shape index (κ3) is 3.75. The molecule has 3 rings (SSSR count). The van der Waals surface area contributed by atoms with E-state index in [1.807, 2.05) is 13.8 Å². The van der Waals surface area contributed by atoms with Crippen molar-refractivity contribution in [2.45, 2.75) is 33.5 Å². The minimum absolute atomic E-state index is 0.132. The van der Waals surface area contributed by atoms with Gasteiger partial charge in [0, 0.05) is 20.2 Å². The zero-order valence-corrected chi connectivity index (χ0v) is 16.3.